The number of nitrogens with one attached hydrogen (secondary N) is 1. The SMILES string of the molecule is CCS(=O)CCn1cncc1C1CNCCO1. The first-order valence-electron chi connectivity index (χ1n) is 5.98. The van der Waals surface area contributed by atoms with Gasteiger partial charge >= 0.3 is 0 Å². The lowest BCUT2D eigenvalue weighted by atomic mass is 10.2. The zero-order valence-electron chi connectivity index (χ0n) is 10.1. The molecule has 6 heteroatoms. The summed E-state index contributed by atoms with van der Waals surface area (Å²) in [5.74, 6) is 1.39. The minimum absolute atomic E-state index is 0.0707. The molecule has 0 radical (unpaired) electrons. The molecular formula is C11H19N3O2S. The summed E-state index contributed by atoms with van der Waals surface area (Å²) in [7, 11) is -0.730. The normalized spacial score (nSPS) is 22.5. The Morgan fingerprint density at radius 1 is 1.71 bits per heavy atom. The van der Waals surface area contributed by atoms with Gasteiger partial charge in [-0.3, -0.25) is 4.21 Å². The third-order valence-electron chi connectivity index (χ3n) is 2.88. The summed E-state index contributed by atoms with van der Waals surface area (Å²) in [5, 5.41) is 3.30. The molecule has 2 rings (SSSR count). The fourth-order valence-corrected chi connectivity index (χ4v) is 2.57. The van der Waals surface area contributed by atoms with Gasteiger partial charge in [0.15, 0.2) is 0 Å². The van der Waals surface area contributed by atoms with Gasteiger partial charge in [-0.2, -0.15) is 0 Å². The van der Waals surface area contributed by atoms with E-state index < -0.39 is 10.8 Å². The van der Waals surface area contributed by atoms with E-state index in [-0.39, 0.29) is 6.10 Å². The van der Waals surface area contributed by atoms with Crippen molar-refractivity contribution in [2.24, 2.45) is 0 Å². The van der Waals surface area contributed by atoms with Gasteiger partial charge in [0.1, 0.15) is 6.10 Å². The van der Waals surface area contributed by atoms with E-state index in [2.05, 4.69) is 10.3 Å². The molecule has 0 aliphatic carbocycles. The molecule has 0 bridgehead atoms. The Kier molecular flexibility index (Phi) is 4.70. The number of rotatable bonds is 5. The fraction of sp³-hybridized carbons (Fsp3) is 0.727. The van der Waals surface area contributed by atoms with Crippen molar-refractivity contribution in [1.29, 1.82) is 0 Å². The summed E-state index contributed by atoms with van der Waals surface area (Å²) in [4.78, 5) is 4.16. The monoisotopic (exact) mass is 257 g/mol. The molecule has 1 saturated heterocycles. The van der Waals surface area contributed by atoms with Crippen LogP contribution < -0.4 is 5.32 Å². The van der Waals surface area contributed by atoms with Crippen LogP contribution in [0.25, 0.3) is 0 Å². The van der Waals surface area contributed by atoms with Gasteiger partial charge in [0.25, 0.3) is 0 Å². The topological polar surface area (TPSA) is 56.2 Å². The van der Waals surface area contributed by atoms with Crippen molar-refractivity contribution in [1.82, 2.24) is 14.9 Å². The van der Waals surface area contributed by atoms with E-state index in [1.165, 1.54) is 0 Å². The van der Waals surface area contributed by atoms with Crippen LogP contribution in [0, 0.1) is 0 Å². The van der Waals surface area contributed by atoms with Gasteiger partial charge < -0.3 is 14.6 Å². The predicted octanol–water partition coefficient (Wildman–Crippen LogP) is 0.313. The highest BCUT2D eigenvalue weighted by Crippen LogP contribution is 2.18. The molecule has 1 aromatic heterocycles. The number of hydrogen-bond acceptors (Lipinski definition) is 4. The van der Waals surface area contributed by atoms with Gasteiger partial charge in [0, 0.05) is 41.9 Å². The molecule has 96 valence electrons. The van der Waals surface area contributed by atoms with Crippen LogP contribution in [-0.4, -0.2) is 45.0 Å². The van der Waals surface area contributed by atoms with Crippen molar-refractivity contribution >= 4 is 10.8 Å². The van der Waals surface area contributed by atoms with Gasteiger partial charge in [-0.05, 0) is 0 Å². The predicted molar refractivity (Wildman–Crippen MR) is 67.3 cm³/mol. The Bertz CT molecular complexity index is 375. The van der Waals surface area contributed by atoms with Crippen molar-refractivity contribution in [3.8, 4) is 0 Å². The first-order chi connectivity index (χ1) is 8.31. The minimum atomic E-state index is -0.730. The average molecular weight is 257 g/mol. The molecule has 0 amide bonds. The number of aryl methyl sites for hydroxylation is 1. The highest BCUT2D eigenvalue weighted by molar-refractivity contribution is 7.84. The van der Waals surface area contributed by atoms with Gasteiger partial charge in [-0.25, -0.2) is 4.98 Å². The molecule has 1 fully saturated rings. The Hall–Kier alpha value is -0.720. The van der Waals surface area contributed by atoms with Crippen molar-refractivity contribution in [2.45, 2.75) is 19.6 Å². The third-order valence-corrected chi connectivity index (χ3v) is 4.17. The van der Waals surface area contributed by atoms with E-state index in [1.807, 2.05) is 17.7 Å². The lowest BCUT2D eigenvalue weighted by molar-refractivity contribution is 0.0229. The van der Waals surface area contributed by atoms with E-state index in [9.17, 15) is 4.21 Å². The van der Waals surface area contributed by atoms with Gasteiger partial charge in [-0.1, -0.05) is 6.92 Å². The average Bonchev–Trinajstić information content (AvgIpc) is 2.85. The fourth-order valence-electron chi connectivity index (χ4n) is 1.89. The molecule has 17 heavy (non-hydrogen) atoms. The summed E-state index contributed by atoms with van der Waals surface area (Å²) in [6.07, 6.45) is 3.70. The summed E-state index contributed by atoms with van der Waals surface area (Å²) in [6.45, 7) is 5.15. The molecule has 0 aromatic carbocycles. The zero-order chi connectivity index (χ0) is 12.1. The second-order valence-corrected chi connectivity index (χ2v) is 5.87. The number of hydrogen-bond donors (Lipinski definition) is 1. The van der Waals surface area contributed by atoms with E-state index in [4.69, 9.17) is 4.74 Å². The number of morpholine rings is 1. The van der Waals surface area contributed by atoms with Crippen LogP contribution >= 0.6 is 0 Å². The maximum Gasteiger partial charge on any atom is 0.111 e. The minimum Gasteiger partial charge on any atom is -0.369 e. The molecule has 1 aliphatic heterocycles. The summed E-state index contributed by atoms with van der Waals surface area (Å²) >= 11 is 0. The van der Waals surface area contributed by atoms with E-state index in [0.717, 1.165) is 31.9 Å². The van der Waals surface area contributed by atoms with Crippen LogP contribution in [0.4, 0.5) is 0 Å². The first kappa shape index (κ1) is 12.7. The van der Waals surface area contributed by atoms with Crippen molar-refractivity contribution in [3.05, 3.63) is 18.2 Å². The summed E-state index contributed by atoms with van der Waals surface area (Å²) in [6, 6.07) is 0. The first-order valence-corrected chi connectivity index (χ1v) is 7.47. The maximum atomic E-state index is 11.4. The summed E-state index contributed by atoms with van der Waals surface area (Å²) in [5.41, 5.74) is 1.07. The van der Waals surface area contributed by atoms with E-state index in [1.54, 1.807) is 6.33 Å². The van der Waals surface area contributed by atoms with Crippen LogP contribution in [0.3, 0.4) is 0 Å². The summed E-state index contributed by atoms with van der Waals surface area (Å²) < 4.78 is 19.2. The molecule has 5 nitrogen and oxygen atoms in total. The Morgan fingerprint density at radius 3 is 3.29 bits per heavy atom. The molecule has 1 N–H and O–H groups in total. The molecular weight excluding hydrogens is 238 g/mol. The van der Waals surface area contributed by atoms with Crippen LogP contribution in [0.1, 0.15) is 18.7 Å². The maximum absolute atomic E-state index is 11.4. The number of imidazole rings is 1. The second-order valence-electron chi connectivity index (χ2n) is 4.01. The van der Waals surface area contributed by atoms with Gasteiger partial charge in [0.05, 0.1) is 24.8 Å². The van der Waals surface area contributed by atoms with Crippen molar-refractivity contribution in [3.63, 3.8) is 0 Å². The highest BCUT2D eigenvalue weighted by Gasteiger charge is 2.19. The van der Waals surface area contributed by atoms with Crippen LogP contribution in [0.2, 0.25) is 0 Å². The molecule has 1 aromatic rings. The Balaban J connectivity index is 1.98. The number of aromatic nitrogens is 2. The molecule has 2 unspecified atom stereocenters. The number of nitrogens with zero attached hydrogens (tertiary/aromatic N) is 2. The zero-order valence-corrected chi connectivity index (χ0v) is 10.9. The standard InChI is InChI=1S/C11H19N3O2S/c1-2-17(15)6-4-14-9-13-7-10(14)11-8-12-3-5-16-11/h7,9,11-12H,2-6,8H2,1H3. The van der Waals surface area contributed by atoms with Crippen molar-refractivity contribution < 1.29 is 8.95 Å². The smallest absolute Gasteiger partial charge is 0.111 e. The Morgan fingerprint density at radius 2 is 2.59 bits per heavy atom. The number of ether oxygens (including phenoxy) is 1. The molecule has 1 aliphatic rings. The molecule has 0 saturated carbocycles. The lowest BCUT2D eigenvalue weighted by Crippen LogP contribution is -2.34. The Labute approximate surface area is 104 Å². The van der Waals surface area contributed by atoms with E-state index in [0.29, 0.717) is 11.5 Å². The highest BCUT2D eigenvalue weighted by atomic mass is 32.2. The van der Waals surface area contributed by atoms with Gasteiger partial charge in [-0.15, -0.1) is 0 Å². The van der Waals surface area contributed by atoms with Crippen molar-refractivity contribution in [2.75, 3.05) is 31.2 Å². The van der Waals surface area contributed by atoms with E-state index >= 15 is 0 Å². The second kappa shape index (κ2) is 6.28. The van der Waals surface area contributed by atoms with Crippen LogP contribution in [-0.2, 0) is 22.1 Å². The third kappa shape index (κ3) is 3.37. The molecule has 2 heterocycles. The quantitative estimate of drug-likeness (QED) is 0.825. The van der Waals surface area contributed by atoms with Gasteiger partial charge in [0.2, 0.25) is 0 Å². The van der Waals surface area contributed by atoms with Crippen LogP contribution in [0.15, 0.2) is 12.5 Å². The largest absolute Gasteiger partial charge is 0.369 e. The molecule has 0 spiro atoms. The lowest BCUT2D eigenvalue weighted by Gasteiger charge is -2.24. The molecule has 2 atom stereocenters. The van der Waals surface area contributed by atoms with Crippen LogP contribution in [0.5, 0.6) is 0 Å².